The summed E-state index contributed by atoms with van der Waals surface area (Å²) in [5.74, 6) is 0.138. The molecule has 1 heterocycles. The van der Waals surface area contributed by atoms with Gasteiger partial charge in [0.2, 0.25) is 5.91 Å². The Labute approximate surface area is 92.4 Å². The third-order valence-corrected chi connectivity index (χ3v) is 2.76. The monoisotopic (exact) mass is 213 g/mol. The van der Waals surface area contributed by atoms with Gasteiger partial charge in [-0.3, -0.25) is 9.69 Å². The first kappa shape index (κ1) is 12.5. The molecule has 0 spiro atoms. The smallest absolute Gasteiger partial charge is 0.237 e. The predicted molar refractivity (Wildman–Crippen MR) is 61.8 cm³/mol. The minimum Gasteiger partial charge on any atom is -0.353 e. The number of rotatable bonds is 3. The molecule has 0 radical (unpaired) electrons. The predicted octanol–water partition coefficient (Wildman–Crippen LogP) is 0.193. The van der Waals surface area contributed by atoms with Gasteiger partial charge in [0.05, 0.1) is 6.04 Å². The van der Waals surface area contributed by atoms with E-state index in [2.05, 4.69) is 22.5 Å². The van der Waals surface area contributed by atoms with Crippen molar-refractivity contribution < 1.29 is 4.79 Å². The number of hydrogen-bond donors (Lipinski definition) is 2. The van der Waals surface area contributed by atoms with Gasteiger partial charge in [0.1, 0.15) is 0 Å². The van der Waals surface area contributed by atoms with E-state index in [4.69, 9.17) is 0 Å². The van der Waals surface area contributed by atoms with E-state index in [1.54, 1.807) is 0 Å². The minimum absolute atomic E-state index is 0.0167. The number of nitrogens with one attached hydrogen (secondary N) is 2. The molecular formula is C11H23N3O. The van der Waals surface area contributed by atoms with Crippen LogP contribution in [0, 0.1) is 0 Å². The fourth-order valence-electron chi connectivity index (χ4n) is 1.88. The molecule has 2 unspecified atom stereocenters. The fraction of sp³-hybridized carbons (Fsp3) is 0.909. The van der Waals surface area contributed by atoms with Gasteiger partial charge in [-0.15, -0.1) is 0 Å². The van der Waals surface area contributed by atoms with Gasteiger partial charge in [-0.1, -0.05) is 0 Å². The molecule has 0 aromatic heterocycles. The lowest BCUT2D eigenvalue weighted by Gasteiger charge is -2.35. The SMILES string of the molecule is CC(C)NC(=O)C(C)N1CCNC(C)C1. The maximum atomic E-state index is 11.8. The molecule has 4 nitrogen and oxygen atoms in total. The third kappa shape index (κ3) is 3.80. The highest BCUT2D eigenvalue weighted by Gasteiger charge is 2.25. The first-order valence-corrected chi connectivity index (χ1v) is 5.78. The van der Waals surface area contributed by atoms with Crippen molar-refractivity contribution in [3.8, 4) is 0 Å². The van der Waals surface area contributed by atoms with Crippen LogP contribution < -0.4 is 10.6 Å². The zero-order chi connectivity index (χ0) is 11.4. The van der Waals surface area contributed by atoms with Crippen molar-refractivity contribution >= 4 is 5.91 Å². The molecule has 0 bridgehead atoms. The van der Waals surface area contributed by atoms with E-state index in [9.17, 15) is 4.79 Å². The molecule has 2 atom stereocenters. The fourth-order valence-corrected chi connectivity index (χ4v) is 1.88. The summed E-state index contributed by atoms with van der Waals surface area (Å²) in [5.41, 5.74) is 0. The molecule has 0 aromatic rings. The van der Waals surface area contributed by atoms with Crippen LogP contribution in [0.15, 0.2) is 0 Å². The van der Waals surface area contributed by atoms with Gasteiger partial charge in [0, 0.05) is 31.7 Å². The zero-order valence-electron chi connectivity index (χ0n) is 10.2. The Morgan fingerprint density at radius 3 is 2.67 bits per heavy atom. The summed E-state index contributed by atoms with van der Waals surface area (Å²) in [7, 11) is 0. The van der Waals surface area contributed by atoms with E-state index < -0.39 is 0 Å². The molecule has 0 aromatic carbocycles. The van der Waals surface area contributed by atoms with Gasteiger partial charge >= 0.3 is 0 Å². The van der Waals surface area contributed by atoms with Crippen LogP contribution in [0.4, 0.5) is 0 Å². The van der Waals surface area contributed by atoms with E-state index in [-0.39, 0.29) is 18.0 Å². The molecule has 1 fully saturated rings. The van der Waals surface area contributed by atoms with Crippen molar-refractivity contribution in [2.45, 2.75) is 45.8 Å². The molecule has 1 aliphatic heterocycles. The Bertz CT molecular complexity index is 218. The molecule has 88 valence electrons. The van der Waals surface area contributed by atoms with Gasteiger partial charge in [-0.25, -0.2) is 0 Å². The van der Waals surface area contributed by atoms with Crippen LogP contribution in [0.5, 0.6) is 0 Å². The number of hydrogen-bond acceptors (Lipinski definition) is 3. The minimum atomic E-state index is -0.0167. The topological polar surface area (TPSA) is 44.4 Å². The van der Waals surface area contributed by atoms with Crippen molar-refractivity contribution in [1.82, 2.24) is 15.5 Å². The van der Waals surface area contributed by atoms with Crippen molar-refractivity contribution in [2.24, 2.45) is 0 Å². The highest BCUT2D eigenvalue weighted by atomic mass is 16.2. The molecule has 0 saturated carbocycles. The molecule has 0 aliphatic carbocycles. The lowest BCUT2D eigenvalue weighted by molar-refractivity contribution is -0.126. The van der Waals surface area contributed by atoms with E-state index in [1.165, 1.54) is 0 Å². The Kier molecular flexibility index (Phi) is 4.54. The van der Waals surface area contributed by atoms with Gasteiger partial charge in [-0.05, 0) is 27.7 Å². The largest absolute Gasteiger partial charge is 0.353 e. The van der Waals surface area contributed by atoms with Crippen LogP contribution in [0.2, 0.25) is 0 Å². The summed E-state index contributed by atoms with van der Waals surface area (Å²) in [5, 5.41) is 6.33. The lowest BCUT2D eigenvalue weighted by Crippen LogP contribution is -2.56. The normalized spacial score (nSPS) is 25.3. The van der Waals surface area contributed by atoms with Gasteiger partial charge < -0.3 is 10.6 Å². The maximum Gasteiger partial charge on any atom is 0.237 e. The average Bonchev–Trinajstić information content (AvgIpc) is 2.15. The standard InChI is InChI=1S/C11H23N3O/c1-8(2)13-11(15)10(4)14-6-5-12-9(3)7-14/h8-10,12H,5-7H2,1-4H3,(H,13,15). The lowest BCUT2D eigenvalue weighted by atomic mass is 10.1. The quantitative estimate of drug-likeness (QED) is 0.703. The molecule has 2 N–H and O–H groups in total. The molecule has 1 rings (SSSR count). The molecular weight excluding hydrogens is 190 g/mol. The molecule has 15 heavy (non-hydrogen) atoms. The van der Waals surface area contributed by atoms with Crippen LogP contribution in [-0.4, -0.2) is 48.6 Å². The number of piperazine rings is 1. The molecule has 1 saturated heterocycles. The number of carbonyl (C=O) groups excluding carboxylic acids is 1. The van der Waals surface area contributed by atoms with Crippen molar-refractivity contribution in [1.29, 1.82) is 0 Å². The average molecular weight is 213 g/mol. The summed E-state index contributed by atoms with van der Waals surface area (Å²) in [6.45, 7) is 11.0. The van der Waals surface area contributed by atoms with Gasteiger partial charge in [-0.2, -0.15) is 0 Å². The highest BCUT2D eigenvalue weighted by molar-refractivity contribution is 5.81. The first-order valence-electron chi connectivity index (χ1n) is 5.78. The van der Waals surface area contributed by atoms with Crippen LogP contribution in [0.25, 0.3) is 0 Å². The maximum absolute atomic E-state index is 11.8. The number of nitrogens with zero attached hydrogens (tertiary/aromatic N) is 1. The Balaban J connectivity index is 2.44. The second-order valence-corrected chi connectivity index (χ2v) is 4.69. The summed E-state index contributed by atoms with van der Waals surface area (Å²) >= 11 is 0. The van der Waals surface area contributed by atoms with Crippen molar-refractivity contribution in [3.63, 3.8) is 0 Å². The second-order valence-electron chi connectivity index (χ2n) is 4.69. The highest BCUT2D eigenvalue weighted by Crippen LogP contribution is 2.04. The summed E-state index contributed by atoms with van der Waals surface area (Å²) < 4.78 is 0. The Hall–Kier alpha value is -0.610. The van der Waals surface area contributed by atoms with Crippen LogP contribution >= 0.6 is 0 Å². The van der Waals surface area contributed by atoms with Crippen molar-refractivity contribution in [2.75, 3.05) is 19.6 Å². The molecule has 1 aliphatic rings. The van der Waals surface area contributed by atoms with E-state index in [1.807, 2.05) is 20.8 Å². The first-order chi connectivity index (χ1) is 7.00. The summed E-state index contributed by atoms with van der Waals surface area (Å²) in [6.07, 6.45) is 0. The van der Waals surface area contributed by atoms with Gasteiger partial charge in [0.15, 0.2) is 0 Å². The summed E-state index contributed by atoms with van der Waals surface area (Å²) in [4.78, 5) is 14.0. The molecule has 4 heteroatoms. The summed E-state index contributed by atoms with van der Waals surface area (Å²) in [6, 6.07) is 0.685. The van der Waals surface area contributed by atoms with E-state index in [0.717, 1.165) is 19.6 Å². The molecule has 1 amide bonds. The second kappa shape index (κ2) is 5.47. The van der Waals surface area contributed by atoms with Gasteiger partial charge in [0.25, 0.3) is 0 Å². The van der Waals surface area contributed by atoms with E-state index >= 15 is 0 Å². The van der Waals surface area contributed by atoms with Crippen LogP contribution in [-0.2, 0) is 4.79 Å². The Morgan fingerprint density at radius 1 is 1.47 bits per heavy atom. The van der Waals surface area contributed by atoms with Crippen LogP contribution in [0.1, 0.15) is 27.7 Å². The Morgan fingerprint density at radius 2 is 2.13 bits per heavy atom. The van der Waals surface area contributed by atoms with Crippen molar-refractivity contribution in [3.05, 3.63) is 0 Å². The number of amides is 1. The zero-order valence-corrected chi connectivity index (χ0v) is 10.2. The number of carbonyl (C=O) groups is 1. The van der Waals surface area contributed by atoms with E-state index in [0.29, 0.717) is 6.04 Å². The third-order valence-electron chi connectivity index (χ3n) is 2.76. The van der Waals surface area contributed by atoms with Crippen LogP contribution in [0.3, 0.4) is 0 Å².